The number of aromatic nitrogens is 3. The van der Waals surface area contributed by atoms with Gasteiger partial charge in [-0.15, -0.1) is 0 Å². The van der Waals surface area contributed by atoms with Gasteiger partial charge in [-0.1, -0.05) is 158 Å². The van der Waals surface area contributed by atoms with Gasteiger partial charge in [0.05, 0.1) is 9.60 Å². The van der Waals surface area contributed by atoms with E-state index in [4.69, 9.17) is 27.6 Å². The number of nitrogens with zero attached hydrogens (tertiary/aromatic N) is 3. The van der Waals surface area contributed by atoms with E-state index < -0.39 is 30.2 Å². The van der Waals surface area contributed by atoms with Gasteiger partial charge in [0.2, 0.25) is 0 Å². The van der Waals surface area contributed by atoms with E-state index in [1.165, 1.54) is 11.5 Å². The molecule has 0 atom stereocenters. The minimum atomic E-state index is -0.515. The van der Waals surface area contributed by atoms with Crippen molar-refractivity contribution in [2.45, 2.75) is 0 Å². The molecule has 0 fully saturated rings. The Morgan fingerprint density at radius 2 is 1.02 bits per heavy atom. The largest absolute Gasteiger partial charge is 0.455 e. The molecule has 0 amide bonds. The number of para-hydroxylation sites is 1. The van der Waals surface area contributed by atoms with Crippen LogP contribution in [0.5, 0.6) is 0 Å². The van der Waals surface area contributed by atoms with Gasteiger partial charge in [0.25, 0.3) is 0 Å². The molecule has 4 heteroatoms. The van der Waals surface area contributed by atoms with Crippen molar-refractivity contribution in [3.8, 4) is 56.4 Å². The van der Waals surface area contributed by atoms with E-state index in [-0.39, 0.29) is 34.6 Å². The fourth-order valence-electron chi connectivity index (χ4n) is 6.72. The van der Waals surface area contributed by atoms with Crippen molar-refractivity contribution in [2.24, 2.45) is 0 Å². The van der Waals surface area contributed by atoms with Crippen LogP contribution in [0.15, 0.2) is 180 Å². The van der Waals surface area contributed by atoms with Gasteiger partial charge in [-0.05, 0) is 56.4 Å². The molecule has 51 heavy (non-hydrogen) atoms. The highest BCUT2D eigenvalue weighted by Gasteiger charge is 2.19. The maximum absolute atomic E-state index is 9.24. The van der Waals surface area contributed by atoms with Gasteiger partial charge in [0.15, 0.2) is 17.5 Å². The number of hydrogen-bond acceptors (Lipinski definition) is 4. The molecule has 0 aliphatic carbocycles. The first kappa shape index (κ1) is 22.7. The first-order valence-corrected chi connectivity index (χ1v) is 16.5. The van der Waals surface area contributed by atoms with E-state index in [1.54, 1.807) is 18.2 Å². The summed E-state index contributed by atoms with van der Waals surface area (Å²) < 4.78 is 66.6. The van der Waals surface area contributed by atoms with Crippen molar-refractivity contribution in [1.82, 2.24) is 15.0 Å². The van der Waals surface area contributed by atoms with Crippen LogP contribution in [0, 0.1) is 0 Å². The van der Waals surface area contributed by atoms with Gasteiger partial charge in [0.1, 0.15) is 11.2 Å². The number of hydrogen-bond donors (Lipinski definition) is 0. The SMILES string of the molecule is [2H]c1cc(-c2c([2H])c([2H])c([2H])c([2H])c2[2H])c2oc3ccc([2H])c(-c4nc(-c5ccc(-c6ccc7ccccc7c6)cc5)nc(-c5ccc6ccccc6c5)n4)c3c2c1. The first-order valence-electron chi connectivity index (χ1n) is 20.0. The zero-order valence-electron chi connectivity index (χ0n) is 34.0. The van der Waals surface area contributed by atoms with Crippen molar-refractivity contribution in [2.75, 3.05) is 0 Å². The predicted octanol–water partition coefficient (Wildman–Crippen LogP) is 12.4. The molecule has 2 aromatic heterocycles. The number of fused-ring (bicyclic) bond motifs is 5. The first-order chi connectivity index (χ1) is 28.1. The minimum Gasteiger partial charge on any atom is -0.455 e. The molecular formula is C47H29N3O. The standard InChI is InChI=1S/C47H29N3O/c1-2-12-33(13-3-1)39-16-8-17-40-43-41(18-9-19-42(43)51-44(39)40)47-49-45(48-46(50-47)38-27-23-31-11-5-7-15-36(31)29-38)34-24-20-32(21-25-34)37-26-22-30-10-4-6-14-35(30)28-37/h1-29H/i1D,2D,3D,8D,12D,13D,18D. The third-order valence-corrected chi connectivity index (χ3v) is 9.25. The van der Waals surface area contributed by atoms with Crippen molar-refractivity contribution < 1.29 is 14.0 Å². The quantitative estimate of drug-likeness (QED) is 0.185. The molecule has 0 radical (unpaired) electrons. The Kier molecular flexibility index (Phi) is 5.29. The Bertz CT molecular complexity index is 3300. The van der Waals surface area contributed by atoms with Crippen molar-refractivity contribution in [3.05, 3.63) is 176 Å². The van der Waals surface area contributed by atoms with E-state index in [0.29, 0.717) is 33.6 Å². The normalized spacial score (nSPS) is 13.5. The van der Waals surface area contributed by atoms with Gasteiger partial charge >= 0.3 is 0 Å². The Hall–Kier alpha value is -6.91. The van der Waals surface area contributed by atoms with Crippen LogP contribution < -0.4 is 0 Å². The highest BCUT2D eigenvalue weighted by Crippen LogP contribution is 2.40. The van der Waals surface area contributed by atoms with Crippen molar-refractivity contribution in [1.29, 1.82) is 0 Å². The molecule has 0 N–H and O–H groups in total. The molecule has 0 bridgehead atoms. The Balaban J connectivity index is 1.19. The zero-order valence-corrected chi connectivity index (χ0v) is 27.0. The highest BCUT2D eigenvalue weighted by atomic mass is 16.3. The smallest absolute Gasteiger partial charge is 0.164 e. The maximum Gasteiger partial charge on any atom is 0.164 e. The molecule has 0 aliphatic rings. The van der Waals surface area contributed by atoms with Crippen LogP contribution in [0.1, 0.15) is 9.60 Å². The number of furan rings is 1. The average molecular weight is 659 g/mol. The maximum atomic E-state index is 9.24. The van der Waals surface area contributed by atoms with E-state index in [2.05, 4.69) is 30.3 Å². The lowest BCUT2D eigenvalue weighted by Gasteiger charge is -2.11. The molecular weight excluding hydrogens is 623 g/mol. The molecule has 0 saturated heterocycles. The lowest BCUT2D eigenvalue weighted by Crippen LogP contribution is -2.00. The molecule has 4 nitrogen and oxygen atoms in total. The van der Waals surface area contributed by atoms with Crippen LogP contribution in [0.4, 0.5) is 0 Å². The summed E-state index contributed by atoms with van der Waals surface area (Å²) in [5, 5.41) is 5.27. The molecule has 8 aromatic carbocycles. The average Bonchev–Trinajstić information content (AvgIpc) is 3.62. The summed E-state index contributed by atoms with van der Waals surface area (Å²) in [5.41, 5.74) is 4.60. The topological polar surface area (TPSA) is 51.8 Å². The third kappa shape index (κ3) is 5.13. The van der Waals surface area contributed by atoms with Gasteiger partial charge in [-0.3, -0.25) is 0 Å². The minimum absolute atomic E-state index is 0.0260. The molecule has 238 valence electrons. The zero-order chi connectivity index (χ0) is 39.8. The molecule has 0 saturated carbocycles. The second-order valence-electron chi connectivity index (χ2n) is 12.3. The lowest BCUT2D eigenvalue weighted by molar-refractivity contribution is 0.670. The molecule has 0 spiro atoms. The summed E-state index contributed by atoms with van der Waals surface area (Å²) in [7, 11) is 0. The van der Waals surface area contributed by atoms with E-state index in [9.17, 15) is 1.37 Å². The fraction of sp³-hybridized carbons (Fsp3) is 0. The van der Waals surface area contributed by atoms with Gasteiger partial charge in [-0.2, -0.15) is 0 Å². The van der Waals surface area contributed by atoms with Crippen LogP contribution in [-0.4, -0.2) is 15.0 Å². The van der Waals surface area contributed by atoms with E-state index in [1.807, 2.05) is 78.9 Å². The Morgan fingerprint density at radius 3 is 1.76 bits per heavy atom. The van der Waals surface area contributed by atoms with Gasteiger partial charge in [0, 0.05) is 33.0 Å². The summed E-state index contributed by atoms with van der Waals surface area (Å²) >= 11 is 0. The second-order valence-corrected chi connectivity index (χ2v) is 12.3. The highest BCUT2D eigenvalue weighted by molar-refractivity contribution is 6.15. The van der Waals surface area contributed by atoms with Gasteiger partial charge < -0.3 is 4.42 Å². The van der Waals surface area contributed by atoms with Crippen LogP contribution in [0.25, 0.3) is 99.9 Å². The molecule has 2 heterocycles. The molecule has 0 unspecified atom stereocenters. The molecule has 10 aromatic rings. The summed E-state index contributed by atoms with van der Waals surface area (Å²) in [6.45, 7) is 0. The van der Waals surface area contributed by atoms with Crippen LogP contribution in [0.3, 0.4) is 0 Å². The van der Waals surface area contributed by atoms with E-state index >= 15 is 0 Å². The predicted molar refractivity (Wildman–Crippen MR) is 209 cm³/mol. The Labute approximate surface area is 304 Å². The summed E-state index contributed by atoms with van der Waals surface area (Å²) in [5.74, 6) is 1.00. The molecule has 10 rings (SSSR count). The van der Waals surface area contributed by atoms with Crippen LogP contribution >= 0.6 is 0 Å². The Morgan fingerprint density at radius 1 is 0.412 bits per heavy atom. The summed E-state index contributed by atoms with van der Waals surface area (Å²) in [6, 6.07) is 40.7. The lowest BCUT2D eigenvalue weighted by atomic mass is 10.00. The van der Waals surface area contributed by atoms with Crippen molar-refractivity contribution >= 4 is 43.5 Å². The molecule has 0 aliphatic heterocycles. The van der Waals surface area contributed by atoms with E-state index in [0.717, 1.165) is 38.4 Å². The summed E-state index contributed by atoms with van der Waals surface area (Å²) in [4.78, 5) is 15.0. The van der Waals surface area contributed by atoms with Crippen molar-refractivity contribution in [3.63, 3.8) is 0 Å². The number of benzene rings is 8. The number of rotatable bonds is 5. The fourth-order valence-corrected chi connectivity index (χ4v) is 6.72. The second kappa shape index (κ2) is 11.9. The monoisotopic (exact) mass is 658 g/mol. The van der Waals surface area contributed by atoms with Crippen LogP contribution in [-0.2, 0) is 0 Å². The third-order valence-electron chi connectivity index (χ3n) is 9.25. The van der Waals surface area contributed by atoms with Gasteiger partial charge in [-0.25, -0.2) is 15.0 Å². The van der Waals surface area contributed by atoms with Crippen LogP contribution in [0.2, 0.25) is 0 Å². The summed E-state index contributed by atoms with van der Waals surface area (Å²) in [6.07, 6.45) is 0.